The summed E-state index contributed by atoms with van der Waals surface area (Å²) in [5.74, 6) is 0.645. The fourth-order valence-corrected chi connectivity index (χ4v) is 4.46. The number of benzene rings is 1. The third-order valence-electron chi connectivity index (χ3n) is 6.08. The monoisotopic (exact) mass is 271 g/mol. The second-order valence-corrected chi connectivity index (χ2v) is 7.19. The largest absolute Gasteiger partial charge is 0.375 e. The Morgan fingerprint density at radius 3 is 2.45 bits per heavy atom. The van der Waals surface area contributed by atoms with Crippen molar-refractivity contribution in [1.29, 1.82) is 0 Å². The highest BCUT2D eigenvalue weighted by atomic mass is 16.5. The van der Waals surface area contributed by atoms with Gasteiger partial charge in [-0.15, -0.1) is 0 Å². The number of rotatable bonds is 3. The van der Waals surface area contributed by atoms with E-state index in [2.05, 4.69) is 30.3 Å². The zero-order valence-corrected chi connectivity index (χ0v) is 12.2. The summed E-state index contributed by atoms with van der Waals surface area (Å²) in [5.41, 5.74) is 8.71. The third-order valence-corrected chi connectivity index (χ3v) is 6.08. The smallest absolute Gasteiger partial charge is 0.0685 e. The first-order valence-electron chi connectivity index (χ1n) is 8.19. The predicted octanol–water partition coefficient (Wildman–Crippen LogP) is 3.39. The van der Waals surface area contributed by atoms with Crippen molar-refractivity contribution in [1.82, 2.24) is 0 Å². The molecule has 2 N–H and O–H groups in total. The van der Waals surface area contributed by atoms with Crippen LogP contribution in [0.4, 0.5) is 0 Å². The summed E-state index contributed by atoms with van der Waals surface area (Å²) in [6, 6.07) is 11.3. The van der Waals surface area contributed by atoms with E-state index in [0.717, 1.165) is 13.0 Å². The van der Waals surface area contributed by atoms with E-state index in [9.17, 15) is 0 Å². The molecule has 0 radical (unpaired) electrons. The minimum absolute atomic E-state index is 0.216. The van der Waals surface area contributed by atoms with Crippen LogP contribution in [0.15, 0.2) is 30.3 Å². The molecule has 2 aliphatic carbocycles. The van der Waals surface area contributed by atoms with Crippen molar-refractivity contribution in [3.05, 3.63) is 35.9 Å². The highest BCUT2D eigenvalue weighted by molar-refractivity contribution is 5.34. The van der Waals surface area contributed by atoms with Crippen LogP contribution >= 0.6 is 0 Å². The van der Waals surface area contributed by atoms with Crippen LogP contribution in [0, 0.1) is 5.92 Å². The van der Waals surface area contributed by atoms with E-state index in [-0.39, 0.29) is 11.0 Å². The Balaban J connectivity index is 1.53. The average Bonchev–Trinajstić information content (AvgIpc) is 3.28. The molecule has 0 bridgehead atoms. The van der Waals surface area contributed by atoms with Crippen LogP contribution in [-0.2, 0) is 10.2 Å². The van der Waals surface area contributed by atoms with Crippen molar-refractivity contribution in [2.75, 3.05) is 6.61 Å². The summed E-state index contributed by atoms with van der Waals surface area (Å²) in [7, 11) is 0. The fraction of sp³-hybridized carbons (Fsp3) is 0.667. The number of hydrogen-bond acceptors (Lipinski definition) is 2. The summed E-state index contributed by atoms with van der Waals surface area (Å²) < 4.78 is 6.07. The average molecular weight is 271 g/mol. The maximum Gasteiger partial charge on any atom is 0.0685 e. The van der Waals surface area contributed by atoms with Gasteiger partial charge < -0.3 is 10.5 Å². The Bertz CT molecular complexity index is 475. The molecule has 1 spiro atoms. The molecule has 1 aromatic carbocycles. The predicted molar refractivity (Wildman–Crippen MR) is 80.6 cm³/mol. The molecule has 2 saturated carbocycles. The van der Waals surface area contributed by atoms with Crippen LogP contribution in [0.3, 0.4) is 0 Å². The van der Waals surface area contributed by atoms with Crippen molar-refractivity contribution in [2.45, 2.75) is 62.0 Å². The molecule has 108 valence electrons. The number of ether oxygens (including phenoxy) is 1. The van der Waals surface area contributed by atoms with E-state index in [1.807, 2.05) is 0 Å². The van der Waals surface area contributed by atoms with Gasteiger partial charge >= 0.3 is 0 Å². The lowest BCUT2D eigenvalue weighted by atomic mass is 9.67. The quantitative estimate of drug-likeness (QED) is 0.914. The van der Waals surface area contributed by atoms with Gasteiger partial charge in [-0.3, -0.25) is 0 Å². The minimum atomic E-state index is 0.216. The zero-order valence-electron chi connectivity index (χ0n) is 12.2. The Hall–Kier alpha value is -0.860. The van der Waals surface area contributed by atoms with Crippen molar-refractivity contribution in [2.24, 2.45) is 11.7 Å². The summed E-state index contributed by atoms with van der Waals surface area (Å²) in [4.78, 5) is 0. The van der Waals surface area contributed by atoms with Crippen molar-refractivity contribution < 1.29 is 4.74 Å². The van der Waals surface area contributed by atoms with Gasteiger partial charge in [0.15, 0.2) is 0 Å². The Kier molecular flexibility index (Phi) is 2.94. The SMILES string of the molecule is NC(C1CCOC2(CCC2)C1)C1(c2ccccc2)CC1. The lowest BCUT2D eigenvalue weighted by Gasteiger charge is -2.49. The molecule has 2 nitrogen and oxygen atoms in total. The van der Waals surface area contributed by atoms with Gasteiger partial charge in [0.2, 0.25) is 0 Å². The summed E-state index contributed by atoms with van der Waals surface area (Å²) in [5, 5.41) is 0. The third kappa shape index (κ3) is 1.93. The Morgan fingerprint density at radius 1 is 1.10 bits per heavy atom. The standard InChI is InChI=1S/C18H25NO/c19-16(14-7-12-20-17(13-14)8-4-9-17)18(10-11-18)15-5-2-1-3-6-15/h1-3,5-6,14,16H,4,7-13,19H2. The molecule has 2 atom stereocenters. The van der Waals surface area contributed by atoms with Crippen LogP contribution in [0.2, 0.25) is 0 Å². The van der Waals surface area contributed by atoms with Crippen molar-refractivity contribution in [3.63, 3.8) is 0 Å². The molecule has 0 amide bonds. The van der Waals surface area contributed by atoms with Gasteiger partial charge in [-0.05, 0) is 56.4 Å². The second-order valence-electron chi connectivity index (χ2n) is 7.19. The fourth-order valence-electron chi connectivity index (χ4n) is 4.46. The number of nitrogens with two attached hydrogens (primary N) is 1. The van der Waals surface area contributed by atoms with Gasteiger partial charge in [-0.1, -0.05) is 30.3 Å². The van der Waals surface area contributed by atoms with Crippen LogP contribution in [0.1, 0.15) is 50.5 Å². The second kappa shape index (κ2) is 4.57. The van der Waals surface area contributed by atoms with E-state index in [4.69, 9.17) is 10.5 Å². The van der Waals surface area contributed by atoms with Crippen molar-refractivity contribution >= 4 is 0 Å². The molecule has 3 fully saturated rings. The van der Waals surface area contributed by atoms with Gasteiger partial charge in [0, 0.05) is 18.1 Å². The van der Waals surface area contributed by atoms with Gasteiger partial charge in [0.25, 0.3) is 0 Å². The van der Waals surface area contributed by atoms with Gasteiger partial charge in [-0.2, -0.15) is 0 Å². The molecule has 1 aliphatic heterocycles. The van der Waals surface area contributed by atoms with E-state index in [0.29, 0.717) is 12.0 Å². The first kappa shape index (κ1) is 12.8. The molecule has 1 aromatic rings. The summed E-state index contributed by atoms with van der Waals surface area (Å²) in [6.07, 6.45) is 8.74. The van der Waals surface area contributed by atoms with E-state index in [1.165, 1.54) is 44.1 Å². The zero-order chi connectivity index (χ0) is 13.6. The molecule has 3 aliphatic rings. The maximum atomic E-state index is 6.77. The van der Waals surface area contributed by atoms with Gasteiger partial charge in [0.05, 0.1) is 5.60 Å². The molecule has 1 saturated heterocycles. The van der Waals surface area contributed by atoms with Gasteiger partial charge in [-0.25, -0.2) is 0 Å². The van der Waals surface area contributed by atoms with E-state index < -0.39 is 0 Å². The van der Waals surface area contributed by atoms with Crippen LogP contribution in [0.5, 0.6) is 0 Å². The Labute approximate surface area is 121 Å². The van der Waals surface area contributed by atoms with Crippen molar-refractivity contribution in [3.8, 4) is 0 Å². The molecule has 2 heteroatoms. The molecular formula is C18H25NO. The summed E-state index contributed by atoms with van der Waals surface area (Å²) in [6.45, 7) is 0.920. The Morgan fingerprint density at radius 2 is 1.85 bits per heavy atom. The molecule has 20 heavy (non-hydrogen) atoms. The van der Waals surface area contributed by atoms with Gasteiger partial charge in [0.1, 0.15) is 0 Å². The molecule has 1 heterocycles. The van der Waals surface area contributed by atoms with E-state index >= 15 is 0 Å². The highest BCUT2D eigenvalue weighted by Gasteiger charge is 2.54. The first-order valence-corrected chi connectivity index (χ1v) is 8.19. The highest BCUT2D eigenvalue weighted by Crippen LogP contribution is 2.55. The molecule has 2 unspecified atom stereocenters. The normalized spacial score (nSPS) is 31.6. The summed E-state index contributed by atoms with van der Waals surface area (Å²) >= 11 is 0. The lowest BCUT2D eigenvalue weighted by Crippen LogP contribution is -2.52. The maximum absolute atomic E-state index is 6.77. The first-order chi connectivity index (χ1) is 9.74. The van der Waals surface area contributed by atoms with Crippen LogP contribution < -0.4 is 5.73 Å². The molecular weight excluding hydrogens is 246 g/mol. The lowest BCUT2D eigenvalue weighted by molar-refractivity contribution is -0.147. The topological polar surface area (TPSA) is 35.2 Å². The van der Waals surface area contributed by atoms with Crippen LogP contribution in [0.25, 0.3) is 0 Å². The molecule has 4 rings (SSSR count). The molecule has 0 aromatic heterocycles. The number of hydrogen-bond donors (Lipinski definition) is 1. The minimum Gasteiger partial charge on any atom is -0.375 e. The van der Waals surface area contributed by atoms with E-state index in [1.54, 1.807) is 0 Å². The van der Waals surface area contributed by atoms with Crippen LogP contribution in [-0.4, -0.2) is 18.2 Å².